The zero-order chi connectivity index (χ0) is 21.0. The van der Waals surface area contributed by atoms with E-state index in [1.807, 2.05) is 6.07 Å². The molecule has 3 nitrogen and oxygen atoms in total. The molecule has 0 unspecified atom stereocenters. The van der Waals surface area contributed by atoms with E-state index < -0.39 is 11.8 Å². The van der Waals surface area contributed by atoms with Gasteiger partial charge in [-0.05, 0) is 6.42 Å². The zero-order valence-corrected chi connectivity index (χ0v) is 18.6. The van der Waals surface area contributed by atoms with Crippen molar-refractivity contribution in [2.24, 2.45) is 0 Å². The Hall–Kier alpha value is -1.64. The summed E-state index contributed by atoms with van der Waals surface area (Å²) in [5, 5.41) is 0. The summed E-state index contributed by atoms with van der Waals surface area (Å²) in [6.07, 6.45) is 21.0. The second kappa shape index (κ2) is 18.4. The maximum atomic E-state index is 11.9. The van der Waals surface area contributed by atoms with Crippen molar-refractivity contribution in [1.82, 2.24) is 0 Å². The Bertz CT molecular complexity index is 524. The molecule has 0 radical (unpaired) electrons. The number of Topliss-reactive ketones (excluding diaryl/α,β-unsaturated/α-hetero) is 1. The molecular weight excluding hydrogens is 360 g/mol. The number of hydrogen-bond acceptors (Lipinski definition) is 3. The second-order valence-corrected chi connectivity index (χ2v) is 8.13. The minimum absolute atomic E-state index is 0.343. The summed E-state index contributed by atoms with van der Waals surface area (Å²) in [6.45, 7) is 2.62. The number of ether oxygens (including phenoxy) is 1. The van der Waals surface area contributed by atoms with Gasteiger partial charge in [-0.2, -0.15) is 0 Å². The van der Waals surface area contributed by atoms with Gasteiger partial charge in [0.05, 0.1) is 6.61 Å². The molecule has 0 amide bonds. The number of ketones is 1. The van der Waals surface area contributed by atoms with Crippen molar-refractivity contribution in [3.05, 3.63) is 35.9 Å². The van der Waals surface area contributed by atoms with Crippen LogP contribution in [0.3, 0.4) is 0 Å². The molecule has 0 saturated heterocycles. The van der Waals surface area contributed by atoms with Crippen molar-refractivity contribution in [3.8, 4) is 0 Å². The monoisotopic (exact) mass is 402 g/mol. The Morgan fingerprint density at radius 3 is 1.48 bits per heavy atom. The van der Waals surface area contributed by atoms with E-state index >= 15 is 0 Å². The topological polar surface area (TPSA) is 43.4 Å². The number of esters is 1. The number of unbranched alkanes of at least 4 members (excludes halogenated alkanes) is 15. The molecule has 0 aliphatic rings. The van der Waals surface area contributed by atoms with Crippen molar-refractivity contribution in [2.75, 3.05) is 6.61 Å². The highest BCUT2D eigenvalue weighted by Crippen LogP contribution is 2.13. The third-order valence-electron chi connectivity index (χ3n) is 5.45. The summed E-state index contributed by atoms with van der Waals surface area (Å²) in [5.41, 5.74) is 0.393. The predicted molar refractivity (Wildman–Crippen MR) is 121 cm³/mol. The molecule has 0 aromatic heterocycles. The predicted octanol–water partition coefficient (Wildman–Crippen LogP) is 7.67. The van der Waals surface area contributed by atoms with Gasteiger partial charge >= 0.3 is 5.97 Å². The molecule has 0 spiro atoms. The summed E-state index contributed by atoms with van der Waals surface area (Å²) in [6, 6.07) is 8.58. The normalized spacial score (nSPS) is 10.8. The van der Waals surface area contributed by atoms with E-state index in [0.29, 0.717) is 12.2 Å². The van der Waals surface area contributed by atoms with Crippen molar-refractivity contribution >= 4 is 11.8 Å². The lowest BCUT2D eigenvalue weighted by Crippen LogP contribution is -2.18. The molecule has 0 atom stereocenters. The lowest BCUT2D eigenvalue weighted by Gasteiger charge is -2.05. The highest BCUT2D eigenvalue weighted by atomic mass is 16.5. The molecule has 1 aromatic carbocycles. The first kappa shape index (κ1) is 25.4. The summed E-state index contributed by atoms with van der Waals surface area (Å²) in [7, 11) is 0. The van der Waals surface area contributed by atoms with Crippen LogP contribution in [0, 0.1) is 0 Å². The molecule has 3 heteroatoms. The van der Waals surface area contributed by atoms with Gasteiger partial charge in [0.15, 0.2) is 0 Å². The molecule has 164 valence electrons. The van der Waals surface area contributed by atoms with Gasteiger partial charge in [-0.3, -0.25) is 4.79 Å². The Morgan fingerprint density at radius 2 is 1.03 bits per heavy atom. The molecule has 0 N–H and O–H groups in total. The van der Waals surface area contributed by atoms with E-state index in [1.54, 1.807) is 24.3 Å². The van der Waals surface area contributed by atoms with Gasteiger partial charge in [0.25, 0.3) is 5.78 Å². The van der Waals surface area contributed by atoms with E-state index in [-0.39, 0.29) is 0 Å². The van der Waals surface area contributed by atoms with Crippen LogP contribution in [0.15, 0.2) is 30.3 Å². The van der Waals surface area contributed by atoms with Gasteiger partial charge in [0, 0.05) is 5.56 Å². The van der Waals surface area contributed by atoms with Gasteiger partial charge in [-0.15, -0.1) is 0 Å². The third-order valence-corrected chi connectivity index (χ3v) is 5.45. The molecule has 1 aromatic rings. The van der Waals surface area contributed by atoms with Crippen LogP contribution in [0.4, 0.5) is 0 Å². The largest absolute Gasteiger partial charge is 0.460 e. The van der Waals surface area contributed by atoms with Crippen molar-refractivity contribution < 1.29 is 14.3 Å². The Morgan fingerprint density at radius 1 is 0.621 bits per heavy atom. The van der Waals surface area contributed by atoms with E-state index in [9.17, 15) is 9.59 Å². The summed E-state index contributed by atoms with van der Waals surface area (Å²) in [4.78, 5) is 23.6. The fourth-order valence-corrected chi connectivity index (χ4v) is 3.59. The Labute approximate surface area is 178 Å². The van der Waals surface area contributed by atoms with Gasteiger partial charge < -0.3 is 4.74 Å². The molecular formula is C26H42O3. The van der Waals surface area contributed by atoms with Crippen LogP contribution in [-0.2, 0) is 9.53 Å². The minimum Gasteiger partial charge on any atom is -0.460 e. The first-order chi connectivity index (χ1) is 14.3. The van der Waals surface area contributed by atoms with Crippen molar-refractivity contribution in [1.29, 1.82) is 0 Å². The quantitative estimate of drug-likeness (QED) is 0.103. The molecule has 0 aliphatic carbocycles. The van der Waals surface area contributed by atoms with E-state index in [2.05, 4.69) is 6.92 Å². The van der Waals surface area contributed by atoms with Gasteiger partial charge in [0.2, 0.25) is 0 Å². The van der Waals surface area contributed by atoms with Crippen LogP contribution in [0.2, 0.25) is 0 Å². The standard InChI is InChI=1S/C26H42O3/c1-2-3-4-5-6-7-8-9-10-11-12-13-14-15-16-20-23-29-26(28)25(27)24-21-18-17-19-22-24/h17-19,21-22H,2-16,20,23H2,1H3. The van der Waals surface area contributed by atoms with E-state index in [0.717, 1.165) is 12.8 Å². The first-order valence-corrected chi connectivity index (χ1v) is 12.0. The van der Waals surface area contributed by atoms with Gasteiger partial charge in [-0.1, -0.05) is 134 Å². The SMILES string of the molecule is CCCCCCCCCCCCCCCCCCOC(=O)C(=O)c1ccccc1. The molecule has 0 bridgehead atoms. The highest BCUT2D eigenvalue weighted by molar-refractivity contribution is 6.40. The number of rotatable bonds is 19. The molecule has 0 aliphatic heterocycles. The molecule has 29 heavy (non-hydrogen) atoms. The average molecular weight is 403 g/mol. The summed E-state index contributed by atoms with van der Waals surface area (Å²) in [5.74, 6) is -1.29. The maximum Gasteiger partial charge on any atom is 0.379 e. The second-order valence-electron chi connectivity index (χ2n) is 8.13. The van der Waals surface area contributed by atoms with Crippen LogP contribution in [0.25, 0.3) is 0 Å². The van der Waals surface area contributed by atoms with Crippen LogP contribution in [0.5, 0.6) is 0 Å². The average Bonchev–Trinajstić information content (AvgIpc) is 2.75. The lowest BCUT2D eigenvalue weighted by molar-refractivity contribution is -0.138. The Kier molecular flexibility index (Phi) is 16.1. The number of benzene rings is 1. The van der Waals surface area contributed by atoms with Gasteiger partial charge in [-0.25, -0.2) is 4.79 Å². The van der Waals surface area contributed by atoms with E-state index in [4.69, 9.17) is 4.74 Å². The van der Waals surface area contributed by atoms with Crippen LogP contribution in [-0.4, -0.2) is 18.4 Å². The minimum atomic E-state index is -0.739. The number of hydrogen-bond donors (Lipinski definition) is 0. The lowest BCUT2D eigenvalue weighted by atomic mass is 10.0. The van der Waals surface area contributed by atoms with Crippen LogP contribution in [0.1, 0.15) is 120 Å². The molecule has 1 rings (SSSR count). The fourth-order valence-electron chi connectivity index (χ4n) is 3.59. The summed E-state index contributed by atoms with van der Waals surface area (Å²) < 4.78 is 5.09. The zero-order valence-electron chi connectivity index (χ0n) is 18.6. The Balaban J connectivity index is 1.81. The highest BCUT2D eigenvalue weighted by Gasteiger charge is 2.16. The molecule has 0 fully saturated rings. The van der Waals surface area contributed by atoms with Crippen molar-refractivity contribution in [2.45, 2.75) is 110 Å². The molecule has 0 saturated carbocycles. The van der Waals surface area contributed by atoms with E-state index in [1.165, 1.54) is 89.9 Å². The number of carbonyl (C=O) groups is 2. The first-order valence-electron chi connectivity index (χ1n) is 12.0. The fraction of sp³-hybridized carbons (Fsp3) is 0.692. The van der Waals surface area contributed by atoms with Crippen LogP contribution >= 0.6 is 0 Å². The van der Waals surface area contributed by atoms with Crippen molar-refractivity contribution in [3.63, 3.8) is 0 Å². The maximum absolute atomic E-state index is 11.9. The molecule has 0 heterocycles. The summed E-state index contributed by atoms with van der Waals surface area (Å²) >= 11 is 0. The van der Waals surface area contributed by atoms with Crippen LogP contribution < -0.4 is 0 Å². The number of carbonyl (C=O) groups excluding carboxylic acids is 2. The third kappa shape index (κ3) is 14.1. The van der Waals surface area contributed by atoms with Gasteiger partial charge in [0.1, 0.15) is 0 Å². The smallest absolute Gasteiger partial charge is 0.379 e.